The van der Waals surface area contributed by atoms with Gasteiger partial charge in [-0.1, -0.05) is 12.1 Å². The number of rotatable bonds is 1. The number of nitrogens with one attached hydrogen (secondary N) is 1. The Morgan fingerprint density at radius 2 is 2.25 bits per heavy atom. The average molecular weight is 270 g/mol. The maximum Gasteiger partial charge on any atom is 0.262 e. The summed E-state index contributed by atoms with van der Waals surface area (Å²) < 4.78 is 14.3. The highest BCUT2D eigenvalue weighted by atomic mass is 19.1. The highest BCUT2D eigenvalue weighted by Gasteiger charge is 2.17. The van der Waals surface area contributed by atoms with Crippen LogP contribution in [0.1, 0.15) is 5.56 Å². The topological polar surface area (TPSA) is 94.2 Å². The molecule has 98 valence electrons. The second-order valence-electron chi connectivity index (χ2n) is 4.09. The molecule has 0 saturated heterocycles. The zero-order chi connectivity index (χ0) is 14.3. The quantitative estimate of drug-likeness (QED) is 0.699. The molecule has 0 aliphatic heterocycles. The number of aromatic hydroxyl groups is 1. The summed E-state index contributed by atoms with van der Waals surface area (Å²) in [6.45, 7) is 0. The van der Waals surface area contributed by atoms with Crippen LogP contribution in [0.2, 0.25) is 0 Å². The van der Waals surface area contributed by atoms with E-state index in [1.807, 2.05) is 6.07 Å². The molecule has 3 rings (SSSR count). The molecule has 20 heavy (non-hydrogen) atoms. The van der Waals surface area contributed by atoms with Crippen LogP contribution in [0.4, 0.5) is 4.39 Å². The van der Waals surface area contributed by atoms with Crippen molar-refractivity contribution < 1.29 is 9.50 Å². The van der Waals surface area contributed by atoms with Crippen LogP contribution in [0.15, 0.2) is 35.3 Å². The predicted octanol–water partition coefficient (Wildman–Crippen LogP) is 1.41. The third kappa shape index (κ3) is 1.63. The summed E-state index contributed by atoms with van der Waals surface area (Å²) in [4.78, 5) is 14.5. The molecule has 6 nitrogen and oxygen atoms in total. The number of aromatic amines is 1. The third-order valence-corrected chi connectivity index (χ3v) is 2.89. The molecule has 2 heterocycles. The number of hydrogen-bond acceptors (Lipinski definition) is 4. The molecule has 0 aliphatic carbocycles. The Morgan fingerprint density at radius 1 is 1.45 bits per heavy atom. The van der Waals surface area contributed by atoms with Crippen molar-refractivity contribution in [3.05, 3.63) is 52.2 Å². The van der Waals surface area contributed by atoms with E-state index in [0.29, 0.717) is 0 Å². The lowest BCUT2D eigenvalue weighted by atomic mass is 10.1. The lowest BCUT2D eigenvalue weighted by Gasteiger charge is -2.05. The first-order valence-corrected chi connectivity index (χ1v) is 5.61. The van der Waals surface area contributed by atoms with Gasteiger partial charge in [0.2, 0.25) is 5.88 Å². The van der Waals surface area contributed by atoms with Crippen LogP contribution in [0, 0.1) is 17.1 Å². The molecule has 0 atom stereocenters. The Balaban J connectivity index is 2.39. The number of aromatic nitrogens is 3. The molecule has 2 N–H and O–H groups in total. The van der Waals surface area contributed by atoms with Crippen LogP contribution in [0.25, 0.3) is 16.8 Å². The number of benzene rings is 1. The summed E-state index contributed by atoms with van der Waals surface area (Å²) in [6, 6.07) is 7.13. The Bertz CT molecular complexity index is 920. The minimum Gasteiger partial charge on any atom is -0.493 e. The minimum absolute atomic E-state index is 0.0927. The fourth-order valence-corrected chi connectivity index (χ4v) is 1.99. The number of halogens is 1. The smallest absolute Gasteiger partial charge is 0.262 e. The van der Waals surface area contributed by atoms with E-state index in [2.05, 4.69) is 10.1 Å². The second-order valence-corrected chi connectivity index (χ2v) is 4.09. The van der Waals surface area contributed by atoms with E-state index in [9.17, 15) is 14.3 Å². The highest BCUT2D eigenvalue weighted by Crippen LogP contribution is 2.26. The van der Waals surface area contributed by atoms with Gasteiger partial charge in [-0.15, -0.1) is 0 Å². The van der Waals surface area contributed by atoms with Crippen LogP contribution in [0.5, 0.6) is 5.88 Å². The van der Waals surface area contributed by atoms with Gasteiger partial charge in [0.25, 0.3) is 5.56 Å². The van der Waals surface area contributed by atoms with E-state index >= 15 is 0 Å². The minimum atomic E-state index is -0.627. The lowest BCUT2D eigenvalue weighted by Crippen LogP contribution is -2.13. The molecule has 1 aromatic carbocycles. The van der Waals surface area contributed by atoms with Gasteiger partial charge >= 0.3 is 0 Å². The van der Waals surface area contributed by atoms with Crippen molar-refractivity contribution in [2.75, 3.05) is 0 Å². The maximum atomic E-state index is 13.2. The van der Waals surface area contributed by atoms with Gasteiger partial charge in [0.15, 0.2) is 5.65 Å². The van der Waals surface area contributed by atoms with Gasteiger partial charge in [0.1, 0.15) is 23.0 Å². The summed E-state index contributed by atoms with van der Waals surface area (Å²) >= 11 is 0. The van der Waals surface area contributed by atoms with Gasteiger partial charge in [0, 0.05) is 0 Å². The summed E-state index contributed by atoms with van der Waals surface area (Å²) in [6.07, 6.45) is 1.22. The number of hydrogen-bond donors (Lipinski definition) is 2. The van der Waals surface area contributed by atoms with Gasteiger partial charge < -0.3 is 10.1 Å². The van der Waals surface area contributed by atoms with Crippen LogP contribution in [-0.4, -0.2) is 19.7 Å². The molecule has 0 aliphatic rings. The Kier molecular flexibility index (Phi) is 2.51. The molecule has 0 amide bonds. The zero-order valence-corrected chi connectivity index (χ0v) is 9.96. The second kappa shape index (κ2) is 4.20. The number of fused-ring (bicyclic) bond motifs is 1. The van der Waals surface area contributed by atoms with Crippen molar-refractivity contribution in [3.8, 4) is 23.1 Å². The first-order valence-electron chi connectivity index (χ1n) is 5.61. The normalized spacial score (nSPS) is 10.6. The summed E-state index contributed by atoms with van der Waals surface area (Å²) in [7, 11) is 0. The number of nitrogens with zero attached hydrogens (tertiary/aromatic N) is 3. The lowest BCUT2D eigenvalue weighted by molar-refractivity contribution is 0.437. The molecule has 2 aromatic heterocycles. The zero-order valence-electron chi connectivity index (χ0n) is 9.96. The molecular formula is C13H7FN4O2. The van der Waals surface area contributed by atoms with E-state index in [0.717, 1.165) is 10.6 Å². The van der Waals surface area contributed by atoms with Crippen LogP contribution in [-0.2, 0) is 0 Å². The fraction of sp³-hybridized carbons (Fsp3) is 0. The van der Waals surface area contributed by atoms with Gasteiger partial charge in [-0.05, 0) is 17.7 Å². The van der Waals surface area contributed by atoms with E-state index < -0.39 is 17.3 Å². The number of H-pyrrole nitrogens is 1. The molecule has 0 radical (unpaired) electrons. The number of nitriles is 1. The summed E-state index contributed by atoms with van der Waals surface area (Å²) in [5.74, 6) is -0.976. The van der Waals surface area contributed by atoms with Crippen molar-refractivity contribution in [1.29, 1.82) is 5.26 Å². The van der Waals surface area contributed by atoms with Crippen LogP contribution < -0.4 is 5.56 Å². The van der Waals surface area contributed by atoms with Crippen molar-refractivity contribution in [2.24, 2.45) is 0 Å². The predicted molar refractivity (Wildman–Crippen MR) is 67.6 cm³/mol. The van der Waals surface area contributed by atoms with Crippen LogP contribution >= 0.6 is 0 Å². The monoisotopic (exact) mass is 270 g/mol. The first kappa shape index (κ1) is 11.9. The average Bonchev–Trinajstić information content (AvgIpc) is 2.82. The first-order chi connectivity index (χ1) is 9.61. The van der Waals surface area contributed by atoms with Crippen molar-refractivity contribution in [3.63, 3.8) is 0 Å². The standard InChI is InChI=1S/C13H7FN4O2/c14-9-3-1-2-7(4-9)10-12(19)17-11-8(5-15)6-16-18(11)13(10)20/h1-4,6,20H,(H,17,19). The summed E-state index contributed by atoms with van der Waals surface area (Å²) in [5, 5.41) is 22.8. The molecule has 0 unspecified atom stereocenters. The van der Waals surface area contributed by atoms with Gasteiger partial charge in [-0.2, -0.15) is 14.9 Å². The molecule has 0 bridgehead atoms. The molecule has 0 fully saturated rings. The van der Waals surface area contributed by atoms with E-state index in [-0.39, 0.29) is 22.3 Å². The Hall–Kier alpha value is -3.14. The molecule has 3 aromatic rings. The highest BCUT2D eigenvalue weighted by molar-refractivity contribution is 5.70. The Labute approximate surface area is 111 Å². The van der Waals surface area contributed by atoms with Gasteiger partial charge in [0.05, 0.1) is 6.20 Å². The molecule has 7 heteroatoms. The van der Waals surface area contributed by atoms with Crippen molar-refractivity contribution >= 4 is 5.65 Å². The molecule has 0 saturated carbocycles. The van der Waals surface area contributed by atoms with E-state index in [4.69, 9.17) is 5.26 Å². The van der Waals surface area contributed by atoms with E-state index in [1.165, 1.54) is 24.4 Å². The summed E-state index contributed by atoms with van der Waals surface area (Å²) in [5.41, 5.74) is -0.291. The van der Waals surface area contributed by atoms with E-state index in [1.54, 1.807) is 0 Å². The molecule has 0 spiro atoms. The fourth-order valence-electron chi connectivity index (χ4n) is 1.99. The Morgan fingerprint density at radius 3 is 2.95 bits per heavy atom. The SMILES string of the molecule is N#Cc1cnn2c(O)c(-c3cccc(F)c3)c(=O)[nH]c12. The van der Waals surface area contributed by atoms with Gasteiger partial charge in [-0.25, -0.2) is 4.39 Å². The van der Waals surface area contributed by atoms with Crippen LogP contribution in [0.3, 0.4) is 0 Å². The largest absolute Gasteiger partial charge is 0.493 e. The maximum absolute atomic E-state index is 13.2. The van der Waals surface area contributed by atoms with Crippen molar-refractivity contribution in [1.82, 2.24) is 14.6 Å². The molecular weight excluding hydrogens is 263 g/mol. The van der Waals surface area contributed by atoms with Gasteiger partial charge in [-0.3, -0.25) is 4.79 Å². The third-order valence-electron chi connectivity index (χ3n) is 2.89. The van der Waals surface area contributed by atoms with Crippen molar-refractivity contribution in [2.45, 2.75) is 0 Å².